The molecule has 0 unspecified atom stereocenters. The first kappa shape index (κ1) is 21.9. The molecule has 2 rings (SSSR count). The zero-order valence-electron chi connectivity index (χ0n) is 15.8. The molecule has 1 amide bonds. The number of sulfone groups is 1. The Kier molecular flexibility index (Phi) is 7.20. The lowest BCUT2D eigenvalue weighted by Gasteiger charge is -2.09. The molecule has 0 saturated carbocycles. The molecule has 0 heterocycles. The van der Waals surface area contributed by atoms with E-state index in [1.807, 2.05) is 6.92 Å². The van der Waals surface area contributed by atoms with E-state index >= 15 is 0 Å². The van der Waals surface area contributed by atoms with Crippen LogP contribution in [-0.4, -0.2) is 34.2 Å². The maximum absolute atomic E-state index is 12.3. The van der Waals surface area contributed by atoms with E-state index in [4.69, 9.17) is 0 Å². The first-order chi connectivity index (χ1) is 13.1. The molecular weight excluding hydrogens is 400 g/mol. The first-order valence-electron chi connectivity index (χ1n) is 8.81. The summed E-state index contributed by atoms with van der Waals surface area (Å²) in [6.45, 7) is 3.64. The Bertz CT molecular complexity index is 1010. The minimum absolute atomic E-state index is 0.0287. The molecule has 152 valence electrons. The van der Waals surface area contributed by atoms with Gasteiger partial charge in [-0.05, 0) is 49.7 Å². The van der Waals surface area contributed by atoms with Gasteiger partial charge in [-0.25, -0.2) is 16.8 Å². The number of anilines is 2. The van der Waals surface area contributed by atoms with Gasteiger partial charge in [0.2, 0.25) is 15.9 Å². The predicted octanol–water partition coefficient (Wildman–Crippen LogP) is 2.95. The monoisotopic (exact) mass is 424 g/mol. The molecule has 2 N–H and O–H groups in total. The fourth-order valence-corrected chi connectivity index (χ4v) is 4.81. The van der Waals surface area contributed by atoms with Crippen LogP contribution in [0.4, 0.5) is 11.4 Å². The predicted molar refractivity (Wildman–Crippen MR) is 111 cm³/mol. The summed E-state index contributed by atoms with van der Waals surface area (Å²) in [6, 6.07) is 12.7. The third kappa shape index (κ3) is 6.65. The van der Waals surface area contributed by atoms with Crippen molar-refractivity contribution in [2.24, 2.45) is 0 Å². The SMILES string of the molecule is CCCS(=O)(=O)Nc1ccc(NC(=O)CCS(=O)(=O)c2ccc(C)cc2)cc1. The molecule has 0 spiro atoms. The van der Waals surface area contributed by atoms with Gasteiger partial charge in [-0.15, -0.1) is 0 Å². The zero-order valence-corrected chi connectivity index (χ0v) is 17.4. The summed E-state index contributed by atoms with van der Waals surface area (Å²) >= 11 is 0. The molecular formula is C19H24N2O5S2. The number of nitrogens with one attached hydrogen (secondary N) is 2. The number of hydrogen-bond donors (Lipinski definition) is 2. The van der Waals surface area contributed by atoms with Crippen molar-refractivity contribution in [3.05, 3.63) is 54.1 Å². The molecule has 9 heteroatoms. The number of carbonyl (C=O) groups is 1. The van der Waals surface area contributed by atoms with Gasteiger partial charge in [0.25, 0.3) is 0 Å². The topological polar surface area (TPSA) is 109 Å². The van der Waals surface area contributed by atoms with Crippen molar-refractivity contribution in [3.8, 4) is 0 Å². The van der Waals surface area contributed by atoms with Crippen molar-refractivity contribution in [3.63, 3.8) is 0 Å². The molecule has 7 nitrogen and oxygen atoms in total. The van der Waals surface area contributed by atoms with Gasteiger partial charge >= 0.3 is 0 Å². The molecule has 0 aliphatic carbocycles. The van der Waals surface area contributed by atoms with E-state index in [-0.39, 0.29) is 22.8 Å². The first-order valence-corrected chi connectivity index (χ1v) is 12.1. The van der Waals surface area contributed by atoms with Crippen molar-refractivity contribution in [1.82, 2.24) is 0 Å². The van der Waals surface area contributed by atoms with E-state index in [1.54, 1.807) is 31.2 Å². The number of hydrogen-bond acceptors (Lipinski definition) is 5. The maximum atomic E-state index is 12.3. The summed E-state index contributed by atoms with van der Waals surface area (Å²) in [5.41, 5.74) is 1.81. The number of amides is 1. The summed E-state index contributed by atoms with van der Waals surface area (Å²) in [6.07, 6.45) is 0.329. The molecule has 2 aromatic rings. The second-order valence-corrected chi connectivity index (χ2v) is 10.4. The van der Waals surface area contributed by atoms with Crippen molar-refractivity contribution < 1.29 is 21.6 Å². The number of sulfonamides is 1. The van der Waals surface area contributed by atoms with Crippen molar-refractivity contribution >= 4 is 37.1 Å². The summed E-state index contributed by atoms with van der Waals surface area (Å²) in [5, 5.41) is 2.61. The quantitative estimate of drug-likeness (QED) is 0.643. The average molecular weight is 425 g/mol. The summed E-state index contributed by atoms with van der Waals surface area (Å²) in [4.78, 5) is 12.2. The van der Waals surface area contributed by atoms with Crippen LogP contribution in [0.15, 0.2) is 53.4 Å². The minimum Gasteiger partial charge on any atom is -0.326 e. The second-order valence-electron chi connectivity index (χ2n) is 6.43. The molecule has 2 aromatic carbocycles. The number of benzene rings is 2. The molecule has 0 saturated heterocycles. The van der Waals surface area contributed by atoms with E-state index in [2.05, 4.69) is 10.0 Å². The smallest absolute Gasteiger partial charge is 0.232 e. The highest BCUT2D eigenvalue weighted by Crippen LogP contribution is 2.17. The Labute approximate surface area is 166 Å². The van der Waals surface area contributed by atoms with Crippen LogP contribution in [0.25, 0.3) is 0 Å². The lowest BCUT2D eigenvalue weighted by atomic mass is 10.2. The van der Waals surface area contributed by atoms with Gasteiger partial charge < -0.3 is 5.32 Å². The maximum Gasteiger partial charge on any atom is 0.232 e. The van der Waals surface area contributed by atoms with E-state index in [0.717, 1.165) is 5.56 Å². The van der Waals surface area contributed by atoms with E-state index in [9.17, 15) is 21.6 Å². The number of rotatable bonds is 9. The van der Waals surface area contributed by atoms with Gasteiger partial charge in [-0.3, -0.25) is 9.52 Å². The highest BCUT2D eigenvalue weighted by atomic mass is 32.2. The molecule has 28 heavy (non-hydrogen) atoms. The van der Waals surface area contributed by atoms with E-state index < -0.39 is 25.8 Å². The fraction of sp³-hybridized carbons (Fsp3) is 0.316. The lowest BCUT2D eigenvalue weighted by Crippen LogP contribution is -2.18. The van der Waals surface area contributed by atoms with Gasteiger partial charge in [-0.2, -0.15) is 0 Å². The third-order valence-electron chi connectivity index (χ3n) is 3.89. The highest BCUT2D eigenvalue weighted by molar-refractivity contribution is 7.92. The lowest BCUT2D eigenvalue weighted by molar-refractivity contribution is -0.115. The van der Waals surface area contributed by atoms with E-state index in [0.29, 0.717) is 17.8 Å². The second kappa shape index (κ2) is 9.20. The van der Waals surface area contributed by atoms with Crippen LogP contribution in [0, 0.1) is 6.92 Å². The Morgan fingerprint density at radius 2 is 1.43 bits per heavy atom. The molecule has 0 bridgehead atoms. The van der Waals surface area contributed by atoms with Crippen molar-refractivity contribution in [2.75, 3.05) is 21.5 Å². The van der Waals surface area contributed by atoms with Crippen LogP contribution < -0.4 is 10.0 Å². The van der Waals surface area contributed by atoms with Crippen LogP contribution in [-0.2, 0) is 24.7 Å². The third-order valence-corrected chi connectivity index (χ3v) is 7.12. The molecule has 0 aromatic heterocycles. The highest BCUT2D eigenvalue weighted by Gasteiger charge is 2.16. The zero-order chi connectivity index (χ0) is 20.8. The Balaban J connectivity index is 1.91. The molecule has 0 radical (unpaired) electrons. The molecule has 0 fully saturated rings. The summed E-state index contributed by atoms with van der Waals surface area (Å²) < 4.78 is 50.5. The number of carbonyl (C=O) groups excluding carboxylic acids is 1. The van der Waals surface area contributed by atoms with Gasteiger partial charge in [0.15, 0.2) is 9.84 Å². The van der Waals surface area contributed by atoms with Crippen LogP contribution in [0.1, 0.15) is 25.3 Å². The van der Waals surface area contributed by atoms with Gasteiger partial charge in [0, 0.05) is 17.8 Å². The molecule has 0 aliphatic heterocycles. The van der Waals surface area contributed by atoms with Crippen LogP contribution in [0.3, 0.4) is 0 Å². The largest absolute Gasteiger partial charge is 0.326 e. The Morgan fingerprint density at radius 3 is 2.00 bits per heavy atom. The van der Waals surface area contributed by atoms with Crippen molar-refractivity contribution in [2.45, 2.75) is 31.6 Å². The minimum atomic E-state index is -3.53. The van der Waals surface area contributed by atoms with Gasteiger partial charge in [0.05, 0.1) is 16.4 Å². The van der Waals surface area contributed by atoms with Crippen LogP contribution in [0.5, 0.6) is 0 Å². The summed E-state index contributed by atoms with van der Waals surface area (Å²) in [7, 11) is -6.91. The Hall–Kier alpha value is -2.39. The molecule has 0 atom stereocenters. The van der Waals surface area contributed by atoms with Crippen molar-refractivity contribution in [1.29, 1.82) is 0 Å². The summed E-state index contributed by atoms with van der Waals surface area (Å²) in [5.74, 6) is -0.701. The normalized spacial score (nSPS) is 11.8. The van der Waals surface area contributed by atoms with Crippen LogP contribution >= 0.6 is 0 Å². The standard InChI is InChI=1S/C19H24N2O5S2/c1-3-13-28(25,26)21-17-8-6-16(7-9-17)20-19(22)12-14-27(23,24)18-10-4-15(2)5-11-18/h4-11,21H,3,12-14H2,1-2H3,(H,20,22). The van der Waals surface area contributed by atoms with Crippen LogP contribution in [0.2, 0.25) is 0 Å². The average Bonchev–Trinajstić information content (AvgIpc) is 2.62. The Morgan fingerprint density at radius 1 is 0.857 bits per heavy atom. The number of aryl methyl sites for hydroxylation is 1. The fourth-order valence-electron chi connectivity index (χ4n) is 2.43. The van der Waals surface area contributed by atoms with Gasteiger partial charge in [0.1, 0.15) is 0 Å². The van der Waals surface area contributed by atoms with E-state index in [1.165, 1.54) is 24.3 Å². The van der Waals surface area contributed by atoms with Gasteiger partial charge in [-0.1, -0.05) is 24.6 Å². The molecule has 0 aliphatic rings.